The highest BCUT2D eigenvalue weighted by atomic mass is 79.9. The topological polar surface area (TPSA) is 59.2 Å². The van der Waals surface area contributed by atoms with E-state index >= 15 is 0 Å². The van der Waals surface area contributed by atoms with E-state index in [9.17, 15) is 9.59 Å². The summed E-state index contributed by atoms with van der Waals surface area (Å²) in [6.07, 6.45) is 2.22. The summed E-state index contributed by atoms with van der Waals surface area (Å²) in [5.74, 6) is -0.594. The van der Waals surface area contributed by atoms with Crippen LogP contribution in [0.15, 0.2) is 27.6 Å². The first-order chi connectivity index (χ1) is 9.08. The van der Waals surface area contributed by atoms with Crippen molar-refractivity contribution in [1.29, 1.82) is 0 Å². The fourth-order valence-corrected chi connectivity index (χ4v) is 2.51. The number of hydrogen-bond acceptors (Lipinski definition) is 3. The van der Waals surface area contributed by atoms with Crippen molar-refractivity contribution in [3.63, 3.8) is 0 Å². The Morgan fingerprint density at radius 3 is 2.74 bits per heavy atom. The van der Waals surface area contributed by atoms with Crippen LogP contribution in [0.1, 0.15) is 29.8 Å². The van der Waals surface area contributed by atoms with Crippen molar-refractivity contribution in [2.45, 2.75) is 20.3 Å². The Labute approximate surface area is 118 Å². The van der Waals surface area contributed by atoms with Gasteiger partial charge in [0.1, 0.15) is 5.56 Å². The molecule has 0 spiro atoms. The highest BCUT2D eigenvalue weighted by Gasteiger charge is 2.15. The van der Waals surface area contributed by atoms with Crippen LogP contribution in [0.25, 0.3) is 10.9 Å². The lowest BCUT2D eigenvalue weighted by molar-refractivity contribution is 0.0524. The third kappa shape index (κ3) is 2.56. The minimum Gasteiger partial charge on any atom is -0.462 e. The average Bonchev–Trinajstić information content (AvgIpc) is 2.39. The average molecular weight is 324 g/mol. The standard InChI is InChI=1S/C14H14BrNO3/c1-3-8-5-9(15)6-10-12(8)16-7-11(13(10)17)14(18)19-4-2/h5-7H,3-4H2,1-2H3,(H,16,17). The number of aromatic amines is 1. The second-order valence-electron chi connectivity index (χ2n) is 4.09. The van der Waals surface area contributed by atoms with Gasteiger partial charge in [0.2, 0.25) is 5.43 Å². The predicted octanol–water partition coefficient (Wildman–Crippen LogP) is 3.03. The number of benzene rings is 1. The van der Waals surface area contributed by atoms with Crippen molar-refractivity contribution in [1.82, 2.24) is 4.98 Å². The summed E-state index contributed by atoms with van der Waals surface area (Å²) in [7, 11) is 0. The lowest BCUT2D eigenvalue weighted by Crippen LogP contribution is -2.18. The monoisotopic (exact) mass is 323 g/mol. The molecule has 0 saturated heterocycles. The van der Waals surface area contributed by atoms with E-state index in [0.717, 1.165) is 22.0 Å². The first-order valence-corrected chi connectivity index (χ1v) is 6.88. The molecule has 4 nitrogen and oxygen atoms in total. The van der Waals surface area contributed by atoms with Gasteiger partial charge in [-0.05, 0) is 31.0 Å². The number of pyridine rings is 1. The molecule has 0 radical (unpaired) electrons. The molecule has 0 aliphatic heterocycles. The van der Waals surface area contributed by atoms with Crippen molar-refractivity contribution < 1.29 is 9.53 Å². The molecule has 100 valence electrons. The highest BCUT2D eigenvalue weighted by molar-refractivity contribution is 9.10. The van der Waals surface area contributed by atoms with Crippen LogP contribution in [0, 0.1) is 0 Å². The van der Waals surface area contributed by atoms with Crippen LogP contribution in [-0.4, -0.2) is 17.6 Å². The van der Waals surface area contributed by atoms with E-state index < -0.39 is 5.97 Å². The molecule has 0 amide bonds. The molecule has 2 rings (SSSR count). The summed E-state index contributed by atoms with van der Waals surface area (Å²) in [5.41, 5.74) is 1.53. The molecule has 5 heteroatoms. The second-order valence-corrected chi connectivity index (χ2v) is 5.01. The van der Waals surface area contributed by atoms with Crippen molar-refractivity contribution in [2.24, 2.45) is 0 Å². The van der Waals surface area contributed by atoms with Gasteiger partial charge in [0.25, 0.3) is 0 Å². The summed E-state index contributed by atoms with van der Waals surface area (Å²) < 4.78 is 5.70. The number of nitrogens with one attached hydrogen (secondary N) is 1. The molecule has 2 aromatic rings. The van der Waals surface area contributed by atoms with E-state index in [1.165, 1.54) is 6.20 Å². The van der Waals surface area contributed by atoms with E-state index in [2.05, 4.69) is 20.9 Å². The maximum atomic E-state index is 12.3. The van der Waals surface area contributed by atoms with E-state index in [0.29, 0.717) is 5.39 Å². The lowest BCUT2D eigenvalue weighted by Gasteiger charge is -2.07. The SMILES string of the molecule is CCOC(=O)c1c[nH]c2c(CC)cc(Br)cc2c1=O. The summed E-state index contributed by atoms with van der Waals surface area (Å²) in [6, 6.07) is 3.68. The van der Waals surface area contributed by atoms with Crippen LogP contribution in [0.3, 0.4) is 0 Å². The number of rotatable bonds is 3. The molecule has 0 fully saturated rings. The van der Waals surface area contributed by atoms with E-state index in [1.807, 2.05) is 13.0 Å². The van der Waals surface area contributed by atoms with Gasteiger partial charge in [-0.25, -0.2) is 4.79 Å². The van der Waals surface area contributed by atoms with Crippen LogP contribution in [0.2, 0.25) is 0 Å². The molecule has 0 aliphatic rings. The zero-order chi connectivity index (χ0) is 14.0. The fraction of sp³-hybridized carbons (Fsp3) is 0.286. The van der Waals surface area contributed by atoms with Gasteiger partial charge in [-0.3, -0.25) is 4.79 Å². The normalized spacial score (nSPS) is 10.7. The van der Waals surface area contributed by atoms with Gasteiger partial charge in [-0.2, -0.15) is 0 Å². The summed E-state index contributed by atoms with van der Waals surface area (Å²) in [5, 5.41) is 0.497. The zero-order valence-corrected chi connectivity index (χ0v) is 12.3. The van der Waals surface area contributed by atoms with Gasteiger partial charge in [0.15, 0.2) is 0 Å². The maximum Gasteiger partial charge on any atom is 0.343 e. The van der Waals surface area contributed by atoms with Gasteiger partial charge < -0.3 is 9.72 Å². The Kier molecular flexibility index (Phi) is 4.04. The summed E-state index contributed by atoms with van der Waals surface area (Å²) >= 11 is 3.38. The van der Waals surface area contributed by atoms with Crippen molar-refractivity contribution in [3.05, 3.63) is 44.2 Å². The van der Waals surface area contributed by atoms with Gasteiger partial charge >= 0.3 is 5.97 Å². The first kappa shape index (κ1) is 13.8. The van der Waals surface area contributed by atoms with Crippen LogP contribution >= 0.6 is 15.9 Å². The third-order valence-electron chi connectivity index (χ3n) is 2.91. The Morgan fingerprint density at radius 1 is 1.37 bits per heavy atom. The Balaban J connectivity index is 2.72. The molecule has 0 unspecified atom stereocenters. The number of carbonyl (C=O) groups excluding carboxylic acids is 1. The molecule has 1 aromatic carbocycles. The van der Waals surface area contributed by atoms with Crippen LogP contribution in [-0.2, 0) is 11.2 Å². The van der Waals surface area contributed by atoms with Crippen LogP contribution < -0.4 is 5.43 Å². The van der Waals surface area contributed by atoms with Gasteiger partial charge in [-0.15, -0.1) is 0 Å². The number of ether oxygens (including phenoxy) is 1. The van der Waals surface area contributed by atoms with Gasteiger partial charge in [-0.1, -0.05) is 22.9 Å². The largest absolute Gasteiger partial charge is 0.462 e. The minimum atomic E-state index is -0.594. The summed E-state index contributed by atoms with van der Waals surface area (Å²) in [6.45, 7) is 3.96. The third-order valence-corrected chi connectivity index (χ3v) is 3.37. The quantitative estimate of drug-likeness (QED) is 0.883. The molecular formula is C14H14BrNO3. The van der Waals surface area contributed by atoms with Crippen LogP contribution in [0.5, 0.6) is 0 Å². The van der Waals surface area contributed by atoms with Gasteiger partial charge in [0.05, 0.1) is 12.1 Å². The zero-order valence-electron chi connectivity index (χ0n) is 10.7. The fourth-order valence-electron chi connectivity index (χ4n) is 2.01. The molecule has 19 heavy (non-hydrogen) atoms. The molecule has 0 aliphatic carbocycles. The van der Waals surface area contributed by atoms with Crippen molar-refractivity contribution in [3.8, 4) is 0 Å². The number of esters is 1. The van der Waals surface area contributed by atoms with Crippen molar-refractivity contribution in [2.75, 3.05) is 6.61 Å². The molecule has 1 heterocycles. The number of H-pyrrole nitrogens is 1. The second kappa shape index (κ2) is 5.57. The Hall–Kier alpha value is -1.62. The minimum absolute atomic E-state index is 0.0366. The Morgan fingerprint density at radius 2 is 2.11 bits per heavy atom. The highest BCUT2D eigenvalue weighted by Crippen LogP contribution is 2.21. The van der Waals surface area contributed by atoms with Crippen LogP contribution in [0.4, 0.5) is 0 Å². The molecule has 0 atom stereocenters. The van der Waals surface area contributed by atoms with E-state index in [-0.39, 0.29) is 17.6 Å². The Bertz CT molecular complexity index is 691. The number of halogens is 1. The predicted molar refractivity (Wildman–Crippen MR) is 77.6 cm³/mol. The van der Waals surface area contributed by atoms with E-state index in [1.54, 1.807) is 13.0 Å². The molecule has 1 N–H and O–H groups in total. The lowest BCUT2D eigenvalue weighted by atomic mass is 10.1. The number of aryl methyl sites for hydroxylation is 1. The molecular weight excluding hydrogens is 310 g/mol. The van der Waals surface area contributed by atoms with E-state index in [4.69, 9.17) is 4.74 Å². The number of hydrogen-bond donors (Lipinski definition) is 1. The summed E-state index contributed by atoms with van der Waals surface area (Å²) in [4.78, 5) is 27.0. The first-order valence-electron chi connectivity index (χ1n) is 6.09. The number of aromatic nitrogens is 1. The molecule has 0 bridgehead atoms. The molecule has 1 aromatic heterocycles. The number of fused-ring (bicyclic) bond motifs is 1. The van der Waals surface area contributed by atoms with Gasteiger partial charge in [0, 0.05) is 16.1 Å². The maximum absolute atomic E-state index is 12.3. The van der Waals surface area contributed by atoms with Crippen molar-refractivity contribution >= 4 is 32.8 Å². The number of carbonyl (C=O) groups is 1. The molecule has 0 saturated carbocycles. The smallest absolute Gasteiger partial charge is 0.343 e.